The summed E-state index contributed by atoms with van der Waals surface area (Å²) in [6.07, 6.45) is 0.145. The van der Waals surface area contributed by atoms with Crippen LogP contribution in [0.25, 0.3) is 22.4 Å². The summed E-state index contributed by atoms with van der Waals surface area (Å²) >= 11 is 13.7. The van der Waals surface area contributed by atoms with E-state index in [0.717, 1.165) is 10.2 Å². The number of nitrogens with zero attached hydrogens (tertiary/aromatic N) is 3. The van der Waals surface area contributed by atoms with Crippen LogP contribution in [0.3, 0.4) is 0 Å². The van der Waals surface area contributed by atoms with Gasteiger partial charge in [0.25, 0.3) is 11.5 Å². The topological polar surface area (TPSA) is 128 Å². The van der Waals surface area contributed by atoms with Crippen LogP contribution in [0, 0.1) is 6.92 Å². The average Bonchev–Trinajstić information content (AvgIpc) is 3.00. The Morgan fingerprint density at radius 1 is 1.12 bits per heavy atom. The van der Waals surface area contributed by atoms with E-state index in [9.17, 15) is 14.7 Å². The fraction of sp³-hybridized carbons (Fsp3) is 0.290. The van der Waals surface area contributed by atoms with Gasteiger partial charge >= 0.3 is 0 Å². The van der Waals surface area contributed by atoms with E-state index in [1.54, 1.807) is 32.2 Å². The third kappa shape index (κ3) is 6.58. The van der Waals surface area contributed by atoms with E-state index in [4.69, 9.17) is 37.7 Å². The van der Waals surface area contributed by atoms with Crippen LogP contribution in [-0.4, -0.2) is 58.2 Å². The molecule has 0 spiro atoms. The van der Waals surface area contributed by atoms with Crippen molar-refractivity contribution >= 4 is 34.8 Å². The minimum atomic E-state index is -0.595. The van der Waals surface area contributed by atoms with Gasteiger partial charge in [-0.15, -0.1) is 0 Å². The lowest BCUT2D eigenvalue weighted by molar-refractivity contribution is -0.0281. The smallest absolute Gasteiger partial charge is 0.279 e. The normalized spacial score (nSPS) is 16.6. The number of amides is 1. The summed E-state index contributed by atoms with van der Waals surface area (Å²) < 4.78 is 12.0. The third-order valence-electron chi connectivity index (χ3n) is 7.26. The fourth-order valence-electron chi connectivity index (χ4n) is 5.02. The molecule has 3 N–H and O–H groups in total. The van der Waals surface area contributed by atoms with Crippen molar-refractivity contribution in [3.05, 3.63) is 91.8 Å². The predicted octanol–water partition coefficient (Wildman–Crippen LogP) is 4.62. The number of ether oxygens (including phenoxy) is 2. The van der Waals surface area contributed by atoms with Crippen molar-refractivity contribution in [3.8, 4) is 28.3 Å². The molecule has 224 valence electrons. The van der Waals surface area contributed by atoms with Crippen LogP contribution in [-0.2, 0) is 18.3 Å². The molecule has 43 heavy (non-hydrogen) atoms. The van der Waals surface area contributed by atoms with E-state index < -0.39 is 17.6 Å². The number of rotatable bonds is 8. The largest absolute Gasteiger partial charge is 0.481 e. The van der Waals surface area contributed by atoms with Crippen molar-refractivity contribution in [2.45, 2.75) is 32.0 Å². The molecule has 1 aliphatic rings. The van der Waals surface area contributed by atoms with Crippen LogP contribution < -0.4 is 20.9 Å². The fourth-order valence-corrected chi connectivity index (χ4v) is 5.61. The van der Waals surface area contributed by atoms with E-state index in [2.05, 4.69) is 15.7 Å². The van der Waals surface area contributed by atoms with Gasteiger partial charge in [0.1, 0.15) is 5.56 Å². The Balaban J connectivity index is 1.41. The summed E-state index contributed by atoms with van der Waals surface area (Å²) in [4.78, 5) is 30.2. The molecule has 2 aromatic carbocycles. The molecule has 0 aliphatic carbocycles. The summed E-state index contributed by atoms with van der Waals surface area (Å²) in [5, 5.41) is 21.0. The molecular formula is C31H31Cl2N5O5. The first-order chi connectivity index (χ1) is 20.7. The van der Waals surface area contributed by atoms with Crippen molar-refractivity contribution in [2.24, 2.45) is 7.05 Å². The van der Waals surface area contributed by atoms with E-state index in [1.165, 1.54) is 13.1 Å². The van der Waals surface area contributed by atoms with E-state index in [0.29, 0.717) is 70.8 Å². The minimum Gasteiger partial charge on any atom is -0.481 e. The first-order valence-corrected chi connectivity index (χ1v) is 14.4. The molecule has 1 amide bonds. The second kappa shape index (κ2) is 13.2. The molecule has 1 saturated heterocycles. The molecular weight excluding hydrogens is 593 g/mol. The average molecular weight is 625 g/mol. The third-order valence-corrected chi connectivity index (χ3v) is 8.07. The molecule has 3 heterocycles. The number of carbonyl (C=O) groups excluding carboxylic acids is 1. The van der Waals surface area contributed by atoms with E-state index in [-0.39, 0.29) is 16.6 Å². The van der Waals surface area contributed by atoms with Gasteiger partial charge in [0.2, 0.25) is 5.88 Å². The Morgan fingerprint density at radius 3 is 2.58 bits per heavy atom. The maximum absolute atomic E-state index is 13.0. The number of aliphatic hydroxyl groups excluding tert-OH is 1. The number of nitrogens with one attached hydrogen (secondary N) is 2. The van der Waals surface area contributed by atoms with Crippen molar-refractivity contribution in [3.63, 3.8) is 0 Å². The van der Waals surface area contributed by atoms with Gasteiger partial charge in [0.05, 0.1) is 46.9 Å². The zero-order valence-corrected chi connectivity index (χ0v) is 25.4. The van der Waals surface area contributed by atoms with Crippen LogP contribution in [0.2, 0.25) is 10.0 Å². The second-order valence-electron chi connectivity index (χ2n) is 10.2. The van der Waals surface area contributed by atoms with E-state index >= 15 is 0 Å². The number of hydrogen-bond acceptors (Lipinski definition) is 8. The first-order valence-electron chi connectivity index (χ1n) is 13.6. The maximum Gasteiger partial charge on any atom is 0.279 e. The van der Waals surface area contributed by atoms with Crippen molar-refractivity contribution < 1.29 is 19.4 Å². The van der Waals surface area contributed by atoms with Gasteiger partial charge in [-0.2, -0.15) is 5.10 Å². The monoisotopic (exact) mass is 623 g/mol. The number of pyridine rings is 1. The van der Waals surface area contributed by atoms with Gasteiger partial charge in [0.15, 0.2) is 0 Å². The lowest BCUT2D eigenvalue weighted by atomic mass is 10.00. The molecule has 2 unspecified atom stereocenters. The Hall–Kier alpha value is -3.80. The van der Waals surface area contributed by atoms with Crippen LogP contribution in [0.15, 0.2) is 59.4 Å². The highest BCUT2D eigenvalue weighted by Gasteiger charge is 2.24. The maximum atomic E-state index is 13.0. The van der Waals surface area contributed by atoms with Crippen LogP contribution in [0.4, 0.5) is 5.69 Å². The number of aryl methyl sites for hydroxylation is 2. The van der Waals surface area contributed by atoms with Crippen molar-refractivity contribution in [1.82, 2.24) is 20.1 Å². The summed E-state index contributed by atoms with van der Waals surface area (Å²) in [5.74, 6) is -0.157. The Labute approximate surface area is 258 Å². The molecule has 12 heteroatoms. The number of halogens is 2. The Morgan fingerprint density at radius 2 is 1.84 bits per heavy atom. The predicted molar refractivity (Wildman–Crippen MR) is 166 cm³/mol. The summed E-state index contributed by atoms with van der Waals surface area (Å²) in [6.45, 7) is 3.07. The number of anilines is 1. The van der Waals surface area contributed by atoms with Gasteiger partial charge in [-0.1, -0.05) is 59.6 Å². The number of aromatic nitrogens is 3. The number of aliphatic hydroxyl groups is 1. The number of hydrogen-bond donors (Lipinski definition) is 3. The first kappa shape index (κ1) is 30.7. The van der Waals surface area contributed by atoms with Crippen molar-refractivity contribution in [2.75, 3.05) is 25.6 Å². The quantitative estimate of drug-likeness (QED) is 0.259. The standard InChI is InChI=1S/C31H31Cl2N5O5/c1-17-14-22(31(41)38(2)37-17)29(40)35-25-9-5-7-20(28(25)33)19-6-4-8-21(27(19)32)23-11-10-18(30(36-23)42-3)15-34-24-12-13-43-16-26(24)39/h4-11,14,24,26,34,39H,12-13,15-16H2,1-3H3,(H,35,40). The second-order valence-corrected chi connectivity index (χ2v) is 11.0. The highest BCUT2D eigenvalue weighted by atomic mass is 35.5. The summed E-state index contributed by atoms with van der Waals surface area (Å²) in [5.41, 5.74) is 3.63. The molecule has 0 bridgehead atoms. The van der Waals surface area contributed by atoms with Crippen LogP contribution in [0.5, 0.6) is 5.88 Å². The number of benzene rings is 2. The Kier molecular flexibility index (Phi) is 9.43. The molecule has 4 aromatic rings. The Bertz CT molecular complexity index is 1730. The van der Waals surface area contributed by atoms with Gasteiger partial charge in [0, 0.05) is 48.5 Å². The molecule has 2 atom stereocenters. The van der Waals surface area contributed by atoms with E-state index in [1.807, 2.05) is 30.3 Å². The highest BCUT2D eigenvalue weighted by Crippen LogP contribution is 2.41. The van der Waals surface area contributed by atoms with Gasteiger partial charge in [-0.05, 0) is 31.5 Å². The number of methoxy groups -OCH3 is 1. The summed E-state index contributed by atoms with van der Waals surface area (Å²) in [7, 11) is 3.04. The lowest BCUT2D eigenvalue weighted by Gasteiger charge is -2.28. The van der Waals surface area contributed by atoms with Gasteiger partial charge < -0.3 is 25.2 Å². The highest BCUT2D eigenvalue weighted by molar-refractivity contribution is 6.39. The zero-order valence-electron chi connectivity index (χ0n) is 23.9. The molecule has 5 rings (SSSR count). The zero-order chi connectivity index (χ0) is 30.7. The molecule has 10 nitrogen and oxygen atoms in total. The van der Waals surface area contributed by atoms with Crippen molar-refractivity contribution in [1.29, 1.82) is 0 Å². The SMILES string of the molecule is COc1nc(-c2cccc(-c3cccc(NC(=O)c4cc(C)nn(C)c4=O)c3Cl)c2Cl)ccc1CNC1CCOCC1O. The van der Waals surface area contributed by atoms with Crippen LogP contribution in [0.1, 0.15) is 28.0 Å². The lowest BCUT2D eigenvalue weighted by Crippen LogP contribution is -2.46. The molecule has 0 radical (unpaired) electrons. The van der Waals surface area contributed by atoms with Gasteiger partial charge in [-0.25, -0.2) is 9.67 Å². The molecule has 1 aliphatic heterocycles. The molecule has 0 saturated carbocycles. The minimum absolute atomic E-state index is 0.0425. The summed E-state index contributed by atoms with van der Waals surface area (Å²) in [6, 6.07) is 15.9. The number of carbonyl (C=O) groups is 1. The van der Waals surface area contributed by atoms with Gasteiger partial charge in [-0.3, -0.25) is 9.59 Å². The van der Waals surface area contributed by atoms with Crippen LogP contribution >= 0.6 is 23.2 Å². The molecule has 2 aromatic heterocycles. The molecule has 1 fully saturated rings.